The molecule has 0 spiro atoms. The largest absolute Gasteiger partial charge is 0.467 e. The highest BCUT2D eigenvalue weighted by atomic mass is 35.5. The van der Waals surface area contributed by atoms with E-state index < -0.39 is 5.97 Å². The third kappa shape index (κ3) is 4.26. The van der Waals surface area contributed by atoms with E-state index in [4.69, 9.17) is 20.8 Å². The average molecular weight is 402 g/mol. The second-order valence-corrected chi connectivity index (χ2v) is 6.73. The van der Waals surface area contributed by atoms with Gasteiger partial charge in [-0.15, -0.1) is 0 Å². The van der Waals surface area contributed by atoms with E-state index in [9.17, 15) is 9.59 Å². The van der Waals surface area contributed by atoms with E-state index in [0.29, 0.717) is 22.9 Å². The standard InChI is InChI=1S/C20H20ClN3O4/c1-13-19(21)14(2)24(22-13)16-8-6-15(7-9-16)20(26)28-12-18(25)23(3)11-17-5-4-10-27-17/h4-10H,11-12H2,1-3H3. The Morgan fingerprint density at radius 3 is 2.50 bits per heavy atom. The minimum absolute atomic E-state index is 0.309. The summed E-state index contributed by atoms with van der Waals surface area (Å²) in [6, 6.07) is 10.3. The minimum Gasteiger partial charge on any atom is -0.467 e. The molecule has 2 heterocycles. The van der Waals surface area contributed by atoms with E-state index in [0.717, 1.165) is 17.1 Å². The number of ether oxygens (including phenoxy) is 1. The van der Waals surface area contributed by atoms with Crippen molar-refractivity contribution >= 4 is 23.5 Å². The number of aromatic nitrogens is 2. The number of amides is 1. The van der Waals surface area contributed by atoms with Crippen molar-refractivity contribution in [2.75, 3.05) is 13.7 Å². The number of esters is 1. The number of aryl methyl sites for hydroxylation is 1. The lowest BCUT2D eigenvalue weighted by atomic mass is 10.2. The molecule has 0 saturated carbocycles. The smallest absolute Gasteiger partial charge is 0.338 e. The first kappa shape index (κ1) is 19.7. The van der Waals surface area contributed by atoms with Gasteiger partial charge in [0.25, 0.3) is 5.91 Å². The molecular formula is C20H20ClN3O4. The second kappa shape index (κ2) is 8.31. The molecule has 0 bridgehead atoms. The highest BCUT2D eigenvalue weighted by molar-refractivity contribution is 6.31. The molecule has 0 aliphatic rings. The van der Waals surface area contributed by atoms with E-state index in [-0.39, 0.29) is 12.5 Å². The summed E-state index contributed by atoms with van der Waals surface area (Å²) in [4.78, 5) is 25.7. The number of hydrogen-bond donors (Lipinski definition) is 0. The molecule has 3 rings (SSSR count). The Morgan fingerprint density at radius 2 is 1.93 bits per heavy atom. The van der Waals surface area contributed by atoms with Crippen LogP contribution in [0, 0.1) is 13.8 Å². The summed E-state index contributed by atoms with van der Waals surface area (Å²) < 4.78 is 12.0. The Balaban J connectivity index is 1.58. The van der Waals surface area contributed by atoms with E-state index in [2.05, 4.69) is 5.10 Å². The zero-order chi connectivity index (χ0) is 20.3. The topological polar surface area (TPSA) is 77.6 Å². The molecule has 1 aromatic carbocycles. The van der Waals surface area contributed by atoms with Gasteiger partial charge in [-0.1, -0.05) is 11.6 Å². The SMILES string of the molecule is Cc1nn(-c2ccc(C(=O)OCC(=O)N(C)Cc3ccco3)cc2)c(C)c1Cl. The zero-order valence-corrected chi connectivity index (χ0v) is 16.6. The first-order chi connectivity index (χ1) is 13.4. The summed E-state index contributed by atoms with van der Waals surface area (Å²) in [5.74, 6) is -0.238. The zero-order valence-electron chi connectivity index (χ0n) is 15.8. The summed E-state index contributed by atoms with van der Waals surface area (Å²) in [6.45, 7) is 3.67. The highest BCUT2D eigenvalue weighted by Crippen LogP contribution is 2.22. The third-order valence-corrected chi connectivity index (χ3v) is 4.82. The molecule has 1 amide bonds. The van der Waals surface area contributed by atoms with Gasteiger partial charge in [0.1, 0.15) is 5.76 Å². The summed E-state index contributed by atoms with van der Waals surface area (Å²) >= 11 is 6.17. The Morgan fingerprint density at radius 1 is 1.21 bits per heavy atom. The molecule has 0 radical (unpaired) electrons. The van der Waals surface area contributed by atoms with E-state index in [1.807, 2.05) is 13.8 Å². The highest BCUT2D eigenvalue weighted by Gasteiger charge is 2.15. The lowest BCUT2D eigenvalue weighted by Gasteiger charge is -2.15. The second-order valence-electron chi connectivity index (χ2n) is 6.35. The van der Waals surface area contributed by atoms with Crippen LogP contribution in [0.1, 0.15) is 27.5 Å². The van der Waals surface area contributed by atoms with Gasteiger partial charge < -0.3 is 14.1 Å². The van der Waals surface area contributed by atoms with Crippen LogP contribution in [0.4, 0.5) is 0 Å². The van der Waals surface area contributed by atoms with Gasteiger partial charge in [-0.25, -0.2) is 9.48 Å². The Hall–Kier alpha value is -3.06. The normalized spacial score (nSPS) is 10.7. The van der Waals surface area contributed by atoms with Crippen molar-refractivity contribution in [1.82, 2.24) is 14.7 Å². The van der Waals surface area contributed by atoms with Crippen molar-refractivity contribution in [1.29, 1.82) is 0 Å². The predicted molar refractivity (Wildman–Crippen MR) is 104 cm³/mol. The van der Waals surface area contributed by atoms with Crippen LogP contribution in [-0.4, -0.2) is 40.2 Å². The lowest BCUT2D eigenvalue weighted by molar-refractivity contribution is -0.133. The van der Waals surface area contributed by atoms with Gasteiger partial charge in [-0.3, -0.25) is 4.79 Å². The van der Waals surface area contributed by atoms with E-state index in [1.165, 1.54) is 11.2 Å². The van der Waals surface area contributed by atoms with Gasteiger partial charge in [0, 0.05) is 7.05 Å². The van der Waals surface area contributed by atoms with Crippen molar-refractivity contribution in [2.24, 2.45) is 0 Å². The maximum Gasteiger partial charge on any atom is 0.338 e. The van der Waals surface area contributed by atoms with E-state index >= 15 is 0 Å². The van der Waals surface area contributed by atoms with Crippen LogP contribution >= 0.6 is 11.6 Å². The average Bonchev–Trinajstić information content (AvgIpc) is 3.29. The molecular weight excluding hydrogens is 382 g/mol. The molecule has 28 heavy (non-hydrogen) atoms. The molecule has 0 aliphatic carbocycles. The van der Waals surface area contributed by atoms with Crippen LogP contribution in [0.25, 0.3) is 5.69 Å². The van der Waals surface area contributed by atoms with Gasteiger partial charge in [-0.2, -0.15) is 5.10 Å². The molecule has 0 N–H and O–H groups in total. The minimum atomic E-state index is -0.572. The van der Waals surface area contributed by atoms with Gasteiger partial charge in [0.05, 0.1) is 40.5 Å². The third-order valence-electron chi connectivity index (χ3n) is 4.28. The molecule has 7 nitrogen and oxygen atoms in total. The van der Waals surface area contributed by atoms with Crippen molar-refractivity contribution < 1.29 is 18.7 Å². The number of nitrogens with zero attached hydrogens (tertiary/aromatic N) is 3. The predicted octanol–water partition coefficient (Wildman–Crippen LogP) is 3.55. The van der Waals surface area contributed by atoms with Crippen LogP contribution in [0.5, 0.6) is 0 Å². The van der Waals surface area contributed by atoms with Crippen LogP contribution in [0.2, 0.25) is 5.02 Å². The fraction of sp³-hybridized carbons (Fsp3) is 0.250. The molecule has 2 aromatic heterocycles. The number of carbonyl (C=O) groups is 2. The quantitative estimate of drug-likeness (QED) is 0.590. The molecule has 0 aliphatic heterocycles. The van der Waals surface area contributed by atoms with Crippen molar-refractivity contribution in [3.05, 3.63) is 70.4 Å². The summed E-state index contributed by atoms with van der Waals surface area (Å²) in [6.07, 6.45) is 1.54. The van der Waals surface area contributed by atoms with Gasteiger partial charge in [-0.05, 0) is 50.2 Å². The van der Waals surface area contributed by atoms with Gasteiger partial charge in [0.2, 0.25) is 0 Å². The van der Waals surface area contributed by atoms with Crippen molar-refractivity contribution in [3.63, 3.8) is 0 Å². The van der Waals surface area contributed by atoms with Crippen LogP contribution < -0.4 is 0 Å². The van der Waals surface area contributed by atoms with Gasteiger partial charge in [0.15, 0.2) is 6.61 Å². The Bertz CT molecular complexity index is 978. The number of benzene rings is 1. The molecule has 8 heteroatoms. The summed E-state index contributed by atoms with van der Waals surface area (Å²) in [5, 5.41) is 4.99. The van der Waals surface area contributed by atoms with E-state index in [1.54, 1.807) is 48.1 Å². The Labute approximate surface area is 167 Å². The van der Waals surface area contributed by atoms with Crippen molar-refractivity contribution in [2.45, 2.75) is 20.4 Å². The molecule has 0 fully saturated rings. The molecule has 0 unspecified atom stereocenters. The Kier molecular flexibility index (Phi) is 5.84. The molecule has 0 atom stereocenters. The summed E-state index contributed by atoms with van der Waals surface area (Å²) in [7, 11) is 1.62. The molecule has 0 saturated heterocycles. The molecule has 146 valence electrons. The fourth-order valence-corrected chi connectivity index (χ4v) is 2.78. The first-order valence-corrected chi connectivity index (χ1v) is 9.00. The number of hydrogen-bond acceptors (Lipinski definition) is 5. The van der Waals surface area contributed by atoms with Gasteiger partial charge >= 0.3 is 5.97 Å². The maximum absolute atomic E-state index is 12.2. The monoisotopic (exact) mass is 401 g/mol. The van der Waals surface area contributed by atoms with Crippen LogP contribution in [0.3, 0.4) is 0 Å². The van der Waals surface area contributed by atoms with Crippen LogP contribution in [-0.2, 0) is 16.1 Å². The number of likely N-dealkylation sites (N-methyl/N-ethyl adjacent to an activating group) is 1. The number of halogens is 1. The van der Waals surface area contributed by atoms with Crippen molar-refractivity contribution in [3.8, 4) is 5.69 Å². The maximum atomic E-state index is 12.2. The first-order valence-electron chi connectivity index (χ1n) is 8.62. The lowest BCUT2D eigenvalue weighted by Crippen LogP contribution is -2.30. The molecule has 3 aromatic rings. The van der Waals surface area contributed by atoms with Crippen LogP contribution in [0.15, 0.2) is 47.1 Å². The number of rotatable bonds is 6. The number of furan rings is 1. The fourth-order valence-electron chi connectivity index (χ4n) is 2.66. The number of carbonyl (C=O) groups excluding carboxylic acids is 2. The summed E-state index contributed by atoms with van der Waals surface area (Å²) in [5.41, 5.74) is 2.68.